The van der Waals surface area contributed by atoms with E-state index in [1.54, 1.807) is 7.05 Å². The van der Waals surface area contributed by atoms with Crippen molar-refractivity contribution in [2.45, 2.75) is 32.7 Å². The number of aliphatic hydroxyl groups is 1. The van der Waals surface area contributed by atoms with E-state index in [1.807, 2.05) is 26.0 Å². The summed E-state index contributed by atoms with van der Waals surface area (Å²) in [6, 6.07) is -0.669. The van der Waals surface area contributed by atoms with Crippen LogP contribution < -0.4 is 10.6 Å². The Kier molecular flexibility index (Phi) is 6.58. The van der Waals surface area contributed by atoms with Crippen LogP contribution in [0.4, 0.5) is 0 Å². The number of nitrogens with zero attached hydrogens (tertiary/aromatic N) is 1. The van der Waals surface area contributed by atoms with Crippen LogP contribution in [0.2, 0.25) is 0 Å². The standard InChI is InChI=1S/C18H29N3O4/c1-4-5-8-20-17(24)15-12-7-6-11(2)13(16(23)19-3)14(12)18(25)21(15)9-10-22/h6-7,11-15,22H,4-5,8-10H2,1-3H3,(H,19,23)(H,20,24)/t11-,12+,13-,14+,15+/m1/s1. The predicted octanol–water partition coefficient (Wildman–Crippen LogP) is -0.0937. The lowest BCUT2D eigenvalue weighted by atomic mass is 9.70. The van der Waals surface area contributed by atoms with Crippen molar-refractivity contribution < 1.29 is 19.5 Å². The van der Waals surface area contributed by atoms with Gasteiger partial charge in [0.2, 0.25) is 17.7 Å². The summed E-state index contributed by atoms with van der Waals surface area (Å²) in [5.74, 6) is -2.11. The molecule has 1 saturated heterocycles. The quantitative estimate of drug-likeness (QED) is 0.441. The SMILES string of the molecule is CCCCNC(=O)[C@@H]1[C@H]2C=C[C@@H](C)[C@@H](C(=O)NC)[C@H]2C(=O)N1CCO. The zero-order valence-corrected chi connectivity index (χ0v) is 15.2. The molecule has 25 heavy (non-hydrogen) atoms. The molecule has 0 unspecified atom stereocenters. The molecule has 3 amide bonds. The lowest BCUT2D eigenvalue weighted by molar-refractivity contribution is -0.141. The molecule has 3 N–H and O–H groups in total. The van der Waals surface area contributed by atoms with Gasteiger partial charge >= 0.3 is 0 Å². The van der Waals surface area contributed by atoms with E-state index in [1.165, 1.54) is 4.90 Å². The van der Waals surface area contributed by atoms with Crippen molar-refractivity contribution in [3.63, 3.8) is 0 Å². The van der Waals surface area contributed by atoms with Gasteiger partial charge in [-0.1, -0.05) is 32.4 Å². The molecule has 0 aromatic carbocycles. The third-order valence-corrected chi connectivity index (χ3v) is 5.26. The number of rotatable bonds is 7. The minimum Gasteiger partial charge on any atom is -0.395 e. The highest BCUT2D eigenvalue weighted by atomic mass is 16.3. The Labute approximate surface area is 148 Å². The van der Waals surface area contributed by atoms with Crippen LogP contribution in [-0.2, 0) is 14.4 Å². The first-order valence-electron chi connectivity index (χ1n) is 9.06. The van der Waals surface area contributed by atoms with E-state index in [4.69, 9.17) is 0 Å². The number of allylic oxidation sites excluding steroid dienone is 1. The molecule has 7 heteroatoms. The molecule has 1 aliphatic heterocycles. The van der Waals surface area contributed by atoms with Gasteiger partial charge in [-0.05, 0) is 12.3 Å². The molecule has 1 aliphatic carbocycles. The first-order valence-corrected chi connectivity index (χ1v) is 9.06. The molecule has 1 fully saturated rings. The minimum absolute atomic E-state index is 0.0805. The molecule has 0 bridgehead atoms. The fraction of sp³-hybridized carbons (Fsp3) is 0.722. The van der Waals surface area contributed by atoms with Gasteiger partial charge in [-0.15, -0.1) is 0 Å². The Morgan fingerprint density at radius 2 is 2.00 bits per heavy atom. The third kappa shape index (κ3) is 3.71. The van der Waals surface area contributed by atoms with Crippen LogP contribution in [0.5, 0.6) is 0 Å². The van der Waals surface area contributed by atoms with E-state index in [2.05, 4.69) is 10.6 Å². The van der Waals surface area contributed by atoms with Gasteiger partial charge in [0.05, 0.1) is 18.4 Å². The molecule has 140 valence electrons. The Hall–Kier alpha value is -1.89. The van der Waals surface area contributed by atoms with Crippen LogP contribution in [0.3, 0.4) is 0 Å². The van der Waals surface area contributed by atoms with Crippen molar-refractivity contribution in [2.75, 3.05) is 26.7 Å². The number of aliphatic hydroxyl groups excluding tert-OH is 1. The van der Waals surface area contributed by atoms with E-state index >= 15 is 0 Å². The number of nitrogens with one attached hydrogen (secondary N) is 2. The van der Waals surface area contributed by atoms with Crippen LogP contribution in [0.25, 0.3) is 0 Å². The van der Waals surface area contributed by atoms with E-state index < -0.39 is 17.9 Å². The summed E-state index contributed by atoms with van der Waals surface area (Å²) in [7, 11) is 1.56. The van der Waals surface area contributed by atoms with Gasteiger partial charge in [0.25, 0.3) is 0 Å². The Balaban J connectivity index is 2.32. The maximum atomic E-state index is 13.0. The van der Waals surface area contributed by atoms with Crippen molar-refractivity contribution in [3.8, 4) is 0 Å². The number of carbonyl (C=O) groups is 3. The number of amides is 3. The number of β-amino-alcohol motifs (C(OH)–C–C–N with tert-alkyl or cyclic N) is 1. The van der Waals surface area contributed by atoms with Crippen LogP contribution >= 0.6 is 0 Å². The highest BCUT2D eigenvalue weighted by Gasteiger charge is 2.56. The second kappa shape index (κ2) is 8.47. The summed E-state index contributed by atoms with van der Waals surface area (Å²) in [6.45, 7) is 4.39. The number of fused-ring (bicyclic) bond motifs is 1. The smallest absolute Gasteiger partial charge is 0.243 e. The minimum atomic E-state index is -0.669. The lowest BCUT2D eigenvalue weighted by Crippen LogP contribution is -2.48. The van der Waals surface area contributed by atoms with Crippen LogP contribution in [0, 0.1) is 23.7 Å². The maximum Gasteiger partial charge on any atom is 0.243 e. The molecule has 1 heterocycles. The fourth-order valence-electron chi connectivity index (χ4n) is 4.00. The van der Waals surface area contributed by atoms with E-state index in [0.717, 1.165) is 12.8 Å². The highest BCUT2D eigenvalue weighted by molar-refractivity contribution is 5.96. The van der Waals surface area contributed by atoms with E-state index in [-0.39, 0.29) is 42.7 Å². The van der Waals surface area contributed by atoms with Crippen LogP contribution in [0.15, 0.2) is 12.2 Å². The number of hydrogen-bond donors (Lipinski definition) is 3. The monoisotopic (exact) mass is 351 g/mol. The molecular weight excluding hydrogens is 322 g/mol. The maximum absolute atomic E-state index is 13.0. The average Bonchev–Trinajstić information content (AvgIpc) is 2.87. The molecule has 0 aromatic rings. The molecule has 7 nitrogen and oxygen atoms in total. The Morgan fingerprint density at radius 1 is 1.28 bits per heavy atom. The van der Waals surface area contributed by atoms with Crippen molar-refractivity contribution in [1.82, 2.24) is 15.5 Å². The summed E-state index contributed by atoms with van der Waals surface area (Å²) >= 11 is 0. The zero-order valence-electron chi connectivity index (χ0n) is 15.2. The molecule has 0 saturated carbocycles. The molecule has 0 radical (unpaired) electrons. The number of carbonyl (C=O) groups excluding carboxylic acids is 3. The molecule has 0 spiro atoms. The summed E-state index contributed by atoms with van der Waals surface area (Å²) in [6.07, 6.45) is 5.65. The predicted molar refractivity (Wildman–Crippen MR) is 93.3 cm³/mol. The zero-order chi connectivity index (χ0) is 18.6. The molecular formula is C18H29N3O4. The molecule has 5 atom stereocenters. The number of hydrogen-bond acceptors (Lipinski definition) is 4. The average molecular weight is 351 g/mol. The summed E-state index contributed by atoms with van der Waals surface area (Å²) in [5, 5.41) is 14.9. The van der Waals surface area contributed by atoms with Crippen molar-refractivity contribution in [1.29, 1.82) is 0 Å². The highest BCUT2D eigenvalue weighted by Crippen LogP contribution is 2.43. The van der Waals surface area contributed by atoms with Crippen molar-refractivity contribution in [3.05, 3.63) is 12.2 Å². The third-order valence-electron chi connectivity index (χ3n) is 5.26. The van der Waals surface area contributed by atoms with Gasteiger partial charge in [-0.2, -0.15) is 0 Å². The first-order chi connectivity index (χ1) is 12.0. The van der Waals surface area contributed by atoms with E-state index in [0.29, 0.717) is 6.54 Å². The second-order valence-electron chi connectivity index (χ2n) is 6.83. The van der Waals surface area contributed by atoms with Crippen LogP contribution in [-0.4, -0.2) is 60.5 Å². The van der Waals surface area contributed by atoms with Gasteiger partial charge in [-0.25, -0.2) is 0 Å². The molecule has 2 aliphatic rings. The summed E-state index contributed by atoms with van der Waals surface area (Å²) in [5.41, 5.74) is 0. The summed E-state index contributed by atoms with van der Waals surface area (Å²) < 4.78 is 0. The van der Waals surface area contributed by atoms with Crippen molar-refractivity contribution >= 4 is 17.7 Å². The first kappa shape index (κ1) is 19.4. The van der Waals surface area contributed by atoms with Gasteiger partial charge in [0.15, 0.2) is 0 Å². The van der Waals surface area contributed by atoms with E-state index in [9.17, 15) is 19.5 Å². The van der Waals surface area contributed by atoms with Gasteiger partial charge in [0, 0.05) is 26.1 Å². The summed E-state index contributed by atoms with van der Waals surface area (Å²) in [4.78, 5) is 39.5. The van der Waals surface area contributed by atoms with Gasteiger partial charge in [-0.3, -0.25) is 14.4 Å². The van der Waals surface area contributed by atoms with Gasteiger partial charge in [0.1, 0.15) is 6.04 Å². The largest absolute Gasteiger partial charge is 0.395 e. The molecule has 0 aromatic heterocycles. The Bertz CT molecular complexity index is 548. The second-order valence-corrected chi connectivity index (χ2v) is 6.83. The lowest BCUT2D eigenvalue weighted by Gasteiger charge is -2.32. The van der Waals surface area contributed by atoms with Crippen molar-refractivity contribution in [2.24, 2.45) is 23.7 Å². The topological polar surface area (TPSA) is 98.7 Å². The van der Waals surface area contributed by atoms with Gasteiger partial charge < -0.3 is 20.6 Å². The fourth-order valence-corrected chi connectivity index (χ4v) is 4.00. The molecule has 2 rings (SSSR count). The number of likely N-dealkylation sites (tertiary alicyclic amines) is 1. The normalized spacial score (nSPS) is 31.0. The Morgan fingerprint density at radius 3 is 2.60 bits per heavy atom. The number of unbranched alkanes of at least 4 members (excludes halogenated alkanes) is 1. The van der Waals surface area contributed by atoms with Crippen LogP contribution in [0.1, 0.15) is 26.7 Å².